The second kappa shape index (κ2) is 8.17. The number of terminal acetylenes is 1. The van der Waals surface area contributed by atoms with Crippen LogP contribution in [0.2, 0.25) is 0 Å². The van der Waals surface area contributed by atoms with E-state index in [1.165, 1.54) is 10.8 Å². The van der Waals surface area contributed by atoms with Gasteiger partial charge in [0.05, 0.1) is 0 Å². The third-order valence-corrected chi connectivity index (χ3v) is 5.15. The van der Waals surface area contributed by atoms with E-state index < -0.39 is 0 Å². The Morgan fingerprint density at radius 1 is 0.774 bits per heavy atom. The summed E-state index contributed by atoms with van der Waals surface area (Å²) in [6.07, 6.45) is 5.26. The van der Waals surface area contributed by atoms with E-state index >= 15 is 0 Å². The molecule has 1 heterocycles. The van der Waals surface area contributed by atoms with Crippen molar-refractivity contribution in [1.82, 2.24) is 10.2 Å². The maximum atomic E-state index is 5.47. The van der Waals surface area contributed by atoms with Gasteiger partial charge in [-0.2, -0.15) is 0 Å². The molecule has 5 aromatic rings. The van der Waals surface area contributed by atoms with E-state index in [4.69, 9.17) is 11.2 Å². The highest BCUT2D eigenvalue weighted by atomic mass is 16.5. The normalized spacial score (nSPS) is 10.7. The van der Waals surface area contributed by atoms with E-state index in [-0.39, 0.29) is 6.61 Å². The largest absolute Gasteiger partial charge is 0.481 e. The zero-order valence-corrected chi connectivity index (χ0v) is 16.7. The Kier molecular flexibility index (Phi) is 4.92. The minimum Gasteiger partial charge on any atom is -0.481 e. The van der Waals surface area contributed by atoms with Gasteiger partial charge in [0.25, 0.3) is 0 Å². The van der Waals surface area contributed by atoms with E-state index in [2.05, 4.69) is 63.9 Å². The van der Waals surface area contributed by atoms with Crippen LogP contribution in [0.15, 0.2) is 91.0 Å². The number of fused-ring (bicyclic) bond motifs is 2. The summed E-state index contributed by atoms with van der Waals surface area (Å²) in [6, 6.07) is 30.4. The molecule has 1 aromatic heterocycles. The molecule has 0 saturated heterocycles. The molecule has 0 fully saturated rings. The standard InChI is InChI=1S/C27H19N3O/c1-2-17-31-23-15-12-20(13-16-23)26-24-9-5-6-10-25(24)27(30-29-26)28-22-14-11-19-7-3-4-8-21(19)18-22/h1,3-16,18H,17H2,(H,28,30). The molecular formula is C27H19N3O. The van der Waals surface area contributed by atoms with Gasteiger partial charge in [0.1, 0.15) is 18.1 Å². The highest BCUT2D eigenvalue weighted by Crippen LogP contribution is 2.32. The monoisotopic (exact) mass is 401 g/mol. The summed E-state index contributed by atoms with van der Waals surface area (Å²) in [5, 5.41) is 16.9. The van der Waals surface area contributed by atoms with Crippen molar-refractivity contribution in [1.29, 1.82) is 0 Å². The third kappa shape index (κ3) is 3.77. The average molecular weight is 401 g/mol. The number of hydrogen-bond donors (Lipinski definition) is 1. The summed E-state index contributed by atoms with van der Waals surface area (Å²) in [5.41, 5.74) is 2.76. The van der Waals surface area contributed by atoms with Gasteiger partial charge in [0, 0.05) is 22.0 Å². The Labute approximate surface area is 180 Å². The van der Waals surface area contributed by atoms with Crippen LogP contribution in [-0.4, -0.2) is 16.8 Å². The maximum Gasteiger partial charge on any atom is 0.161 e. The quantitative estimate of drug-likeness (QED) is 0.356. The number of aromatic nitrogens is 2. The van der Waals surface area contributed by atoms with E-state index in [1.807, 2.05) is 48.5 Å². The van der Waals surface area contributed by atoms with Crippen molar-refractivity contribution in [2.75, 3.05) is 11.9 Å². The SMILES string of the molecule is C#CCOc1ccc(-c2nnc(Nc3ccc4ccccc4c3)c3ccccc23)cc1. The lowest BCUT2D eigenvalue weighted by Gasteiger charge is -2.12. The van der Waals surface area contributed by atoms with Gasteiger partial charge in [-0.25, -0.2) is 0 Å². The number of nitrogens with one attached hydrogen (secondary N) is 1. The molecule has 31 heavy (non-hydrogen) atoms. The van der Waals surface area contributed by atoms with Crippen molar-refractivity contribution in [3.8, 4) is 29.4 Å². The lowest BCUT2D eigenvalue weighted by Crippen LogP contribution is -1.99. The molecule has 0 unspecified atom stereocenters. The molecule has 0 radical (unpaired) electrons. The van der Waals surface area contributed by atoms with Crippen LogP contribution in [-0.2, 0) is 0 Å². The third-order valence-electron chi connectivity index (χ3n) is 5.15. The molecule has 0 aliphatic carbocycles. The van der Waals surface area contributed by atoms with Gasteiger partial charge in [0.15, 0.2) is 5.82 Å². The zero-order chi connectivity index (χ0) is 21.0. The lowest BCUT2D eigenvalue weighted by atomic mass is 10.0. The molecule has 0 saturated carbocycles. The van der Waals surface area contributed by atoms with Gasteiger partial charge in [-0.15, -0.1) is 16.6 Å². The topological polar surface area (TPSA) is 47.0 Å². The summed E-state index contributed by atoms with van der Waals surface area (Å²) >= 11 is 0. The molecule has 4 nitrogen and oxygen atoms in total. The molecule has 1 N–H and O–H groups in total. The second-order valence-corrected chi connectivity index (χ2v) is 7.15. The van der Waals surface area contributed by atoms with Gasteiger partial charge in [-0.3, -0.25) is 0 Å². The zero-order valence-electron chi connectivity index (χ0n) is 16.7. The summed E-state index contributed by atoms with van der Waals surface area (Å²) in [5.74, 6) is 3.93. The Hall–Kier alpha value is -4.36. The summed E-state index contributed by atoms with van der Waals surface area (Å²) in [7, 11) is 0. The van der Waals surface area contributed by atoms with Crippen LogP contribution in [0.3, 0.4) is 0 Å². The highest BCUT2D eigenvalue weighted by molar-refractivity contribution is 6.01. The first-order chi connectivity index (χ1) is 15.3. The summed E-state index contributed by atoms with van der Waals surface area (Å²) in [4.78, 5) is 0. The van der Waals surface area contributed by atoms with Gasteiger partial charge >= 0.3 is 0 Å². The first kappa shape index (κ1) is 18.7. The van der Waals surface area contributed by atoms with Crippen LogP contribution in [0.5, 0.6) is 5.75 Å². The Morgan fingerprint density at radius 2 is 1.52 bits per heavy atom. The van der Waals surface area contributed by atoms with Crippen molar-refractivity contribution in [3.63, 3.8) is 0 Å². The van der Waals surface area contributed by atoms with Gasteiger partial charge in [0.2, 0.25) is 0 Å². The molecule has 4 aromatic carbocycles. The first-order valence-electron chi connectivity index (χ1n) is 10.00. The number of hydrogen-bond acceptors (Lipinski definition) is 4. The molecule has 0 aliphatic rings. The molecule has 4 heteroatoms. The number of ether oxygens (including phenoxy) is 1. The van der Waals surface area contributed by atoms with Crippen molar-refractivity contribution < 1.29 is 4.74 Å². The average Bonchev–Trinajstić information content (AvgIpc) is 2.83. The smallest absolute Gasteiger partial charge is 0.161 e. The predicted octanol–water partition coefficient (Wildman–Crippen LogP) is 6.21. The maximum absolute atomic E-state index is 5.47. The van der Waals surface area contributed by atoms with Gasteiger partial charge in [-0.05, 0) is 47.2 Å². The minimum absolute atomic E-state index is 0.247. The van der Waals surface area contributed by atoms with Crippen molar-refractivity contribution in [3.05, 3.63) is 91.0 Å². The fourth-order valence-electron chi connectivity index (χ4n) is 3.65. The lowest BCUT2D eigenvalue weighted by molar-refractivity contribution is 0.370. The van der Waals surface area contributed by atoms with Crippen LogP contribution in [0, 0.1) is 12.3 Å². The molecule has 0 amide bonds. The van der Waals surface area contributed by atoms with Crippen LogP contribution in [0.1, 0.15) is 0 Å². The fourth-order valence-corrected chi connectivity index (χ4v) is 3.65. The molecule has 0 spiro atoms. The van der Waals surface area contributed by atoms with Crippen LogP contribution in [0.25, 0.3) is 32.8 Å². The van der Waals surface area contributed by atoms with Crippen molar-refractivity contribution in [2.24, 2.45) is 0 Å². The Morgan fingerprint density at radius 3 is 2.32 bits per heavy atom. The number of benzene rings is 4. The Bertz CT molecular complexity index is 1420. The van der Waals surface area contributed by atoms with E-state index in [9.17, 15) is 0 Å². The molecule has 0 bridgehead atoms. The van der Waals surface area contributed by atoms with Crippen molar-refractivity contribution >= 4 is 33.1 Å². The van der Waals surface area contributed by atoms with Gasteiger partial charge < -0.3 is 10.1 Å². The number of rotatable bonds is 5. The van der Waals surface area contributed by atoms with Crippen molar-refractivity contribution in [2.45, 2.75) is 0 Å². The molecule has 0 aliphatic heterocycles. The number of nitrogens with zero attached hydrogens (tertiary/aromatic N) is 2. The van der Waals surface area contributed by atoms with Crippen LogP contribution >= 0.6 is 0 Å². The van der Waals surface area contributed by atoms with E-state index in [1.54, 1.807) is 0 Å². The summed E-state index contributed by atoms with van der Waals surface area (Å²) in [6.45, 7) is 0.247. The van der Waals surface area contributed by atoms with Gasteiger partial charge in [-0.1, -0.05) is 60.5 Å². The number of anilines is 2. The Balaban J connectivity index is 1.52. The highest BCUT2D eigenvalue weighted by Gasteiger charge is 2.11. The summed E-state index contributed by atoms with van der Waals surface area (Å²) < 4.78 is 5.47. The molecular weight excluding hydrogens is 382 g/mol. The van der Waals surface area contributed by atoms with E-state index in [0.717, 1.165) is 39.3 Å². The molecule has 148 valence electrons. The first-order valence-corrected chi connectivity index (χ1v) is 10.00. The predicted molar refractivity (Wildman–Crippen MR) is 127 cm³/mol. The molecule has 5 rings (SSSR count). The second-order valence-electron chi connectivity index (χ2n) is 7.15. The molecule has 0 atom stereocenters. The van der Waals surface area contributed by atoms with E-state index in [0.29, 0.717) is 0 Å². The van der Waals surface area contributed by atoms with Crippen LogP contribution in [0.4, 0.5) is 11.5 Å². The fraction of sp³-hybridized carbons (Fsp3) is 0.0370. The van der Waals surface area contributed by atoms with Crippen LogP contribution < -0.4 is 10.1 Å². The minimum atomic E-state index is 0.247.